The Hall–Kier alpha value is -2.45. The van der Waals surface area contributed by atoms with E-state index in [1.807, 2.05) is 0 Å². The lowest BCUT2D eigenvalue weighted by atomic mass is 10.3. The maximum absolute atomic E-state index is 12.9. The van der Waals surface area contributed by atoms with Gasteiger partial charge in [-0.15, -0.1) is 0 Å². The van der Waals surface area contributed by atoms with Gasteiger partial charge in [0.1, 0.15) is 0 Å². The molecule has 7 nitrogen and oxygen atoms in total. The Labute approximate surface area is 133 Å². The van der Waals surface area contributed by atoms with Gasteiger partial charge >= 0.3 is 0 Å². The second kappa shape index (κ2) is 5.98. The Morgan fingerprint density at radius 1 is 1.13 bits per heavy atom. The van der Waals surface area contributed by atoms with Crippen molar-refractivity contribution in [3.63, 3.8) is 0 Å². The van der Waals surface area contributed by atoms with Crippen LogP contribution < -0.4 is 4.31 Å². The van der Waals surface area contributed by atoms with Crippen LogP contribution in [0.25, 0.3) is 0 Å². The highest BCUT2D eigenvalue weighted by Crippen LogP contribution is 2.28. The number of anilines is 1. The van der Waals surface area contributed by atoms with E-state index >= 15 is 0 Å². The summed E-state index contributed by atoms with van der Waals surface area (Å²) in [5.74, 6) is 0. The van der Waals surface area contributed by atoms with E-state index in [4.69, 9.17) is 4.74 Å². The minimum atomic E-state index is -3.76. The van der Waals surface area contributed by atoms with E-state index in [-0.39, 0.29) is 23.2 Å². The normalized spacial score (nSPS) is 16.8. The molecule has 1 saturated heterocycles. The molecule has 0 amide bonds. The second-order valence-electron chi connectivity index (χ2n) is 5.08. The summed E-state index contributed by atoms with van der Waals surface area (Å²) in [7, 11) is -3.76. The molecule has 0 N–H and O–H groups in total. The Morgan fingerprint density at radius 3 is 2.26 bits per heavy atom. The molecule has 0 aromatic heterocycles. The number of hydrogen-bond donors (Lipinski definition) is 0. The van der Waals surface area contributed by atoms with E-state index in [1.54, 1.807) is 18.2 Å². The van der Waals surface area contributed by atoms with Gasteiger partial charge in [0, 0.05) is 12.1 Å². The van der Waals surface area contributed by atoms with E-state index in [1.165, 1.54) is 40.7 Å². The number of hydrogen-bond acceptors (Lipinski definition) is 5. The van der Waals surface area contributed by atoms with Crippen molar-refractivity contribution < 1.29 is 18.1 Å². The first-order chi connectivity index (χ1) is 11.0. The van der Waals surface area contributed by atoms with Gasteiger partial charge in [0.25, 0.3) is 15.7 Å². The van der Waals surface area contributed by atoms with E-state index in [9.17, 15) is 18.5 Å². The zero-order valence-corrected chi connectivity index (χ0v) is 12.8. The van der Waals surface area contributed by atoms with Crippen LogP contribution in [0.2, 0.25) is 0 Å². The van der Waals surface area contributed by atoms with Crippen LogP contribution in [0.1, 0.15) is 0 Å². The van der Waals surface area contributed by atoms with Crippen molar-refractivity contribution in [3.8, 4) is 0 Å². The van der Waals surface area contributed by atoms with Crippen molar-refractivity contribution in [2.24, 2.45) is 0 Å². The third-order valence-corrected chi connectivity index (χ3v) is 5.26. The van der Waals surface area contributed by atoms with Crippen molar-refractivity contribution >= 4 is 21.4 Å². The van der Waals surface area contributed by atoms with Crippen LogP contribution in [0.4, 0.5) is 11.4 Å². The minimum absolute atomic E-state index is 0.0894. The van der Waals surface area contributed by atoms with Gasteiger partial charge in [0.2, 0.25) is 0 Å². The Balaban J connectivity index is 1.99. The first-order valence-corrected chi connectivity index (χ1v) is 8.36. The molecule has 1 fully saturated rings. The molecule has 0 radical (unpaired) electrons. The number of epoxide rings is 1. The average molecular weight is 334 g/mol. The average Bonchev–Trinajstić information content (AvgIpc) is 3.37. The predicted octanol–water partition coefficient (Wildman–Crippen LogP) is 2.19. The molecular formula is C15H14N2O5S. The van der Waals surface area contributed by atoms with E-state index in [2.05, 4.69) is 0 Å². The van der Waals surface area contributed by atoms with Crippen LogP contribution in [-0.4, -0.2) is 32.6 Å². The first-order valence-electron chi connectivity index (χ1n) is 6.92. The summed E-state index contributed by atoms with van der Waals surface area (Å²) in [5, 5.41) is 10.7. The Bertz CT molecular complexity index is 802. The van der Waals surface area contributed by atoms with E-state index < -0.39 is 14.9 Å². The molecule has 1 atom stereocenters. The van der Waals surface area contributed by atoms with Crippen LogP contribution in [0.15, 0.2) is 59.5 Å². The van der Waals surface area contributed by atoms with Crippen LogP contribution in [0.5, 0.6) is 0 Å². The molecule has 3 rings (SSSR count). The number of sulfonamides is 1. The summed E-state index contributed by atoms with van der Waals surface area (Å²) in [6.45, 7) is 0.683. The van der Waals surface area contributed by atoms with Gasteiger partial charge < -0.3 is 4.74 Å². The van der Waals surface area contributed by atoms with Gasteiger partial charge in [-0.2, -0.15) is 0 Å². The topological polar surface area (TPSA) is 93.1 Å². The third kappa shape index (κ3) is 3.33. The van der Waals surface area contributed by atoms with Crippen molar-refractivity contribution in [2.45, 2.75) is 11.0 Å². The summed E-state index contributed by atoms with van der Waals surface area (Å²) in [6.07, 6.45) is -0.149. The van der Waals surface area contributed by atoms with Crippen LogP contribution in [0, 0.1) is 10.1 Å². The molecule has 0 saturated carbocycles. The Kier molecular flexibility index (Phi) is 4.01. The quantitative estimate of drug-likeness (QED) is 0.458. The monoisotopic (exact) mass is 334 g/mol. The van der Waals surface area contributed by atoms with E-state index in [0.29, 0.717) is 12.3 Å². The number of nitrogens with zero attached hydrogens (tertiary/aromatic N) is 2. The summed E-state index contributed by atoms with van der Waals surface area (Å²) < 4.78 is 32.1. The van der Waals surface area contributed by atoms with Gasteiger partial charge in [-0.25, -0.2) is 8.42 Å². The predicted molar refractivity (Wildman–Crippen MR) is 83.8 cm³/mol. The number of nitro groups is 1. The smallest absolute Gasteiger partial charge is 0.269 e. The molecular weight excluding hydrogens is 320 g/mol. The summed E-state index contributed by atoms with van der Waals surface area (Å²) in [5.41, 5.74) is 0.281. The number of benzene rings is 2. The fourth-order valence-electron chi connectivity index (χ4n) is 2.16. The highest BCUT2D eigenvalue weighted by molar-refractivity contribution is 7.92. The van der Waals surface area contributed by atoms with Crippen LogP contribution in [0.3, 0.4) is 0 Å². The van der Waals surface area contributed by atoms with Gasteiger partial charge in [-0.1, -0.05) is 18.2 Å². The lowest BCUT2D eigenvalue weighted by molar-refractivity contribution is -0.384. The van der Waals surface area contributed by atoms with Crippen molar-refractivity contribution in [2.75, 3.05) is 17.5 Å². The zero-order chi connectivity index (χ0) is 16.4. The molecule has 0 spiro atoms. The highest BCUT2D eigenvalue weighted by atomic mass is 32.2. The highest BCUT2D eigenvalue weighted by Gasteiger charge is 2.33. The summed E-state index contributed by atoms with van der Waals surface area (Å²) >= 11 is 0. The minimum Gasteiger partial charge on any atom is -0.371 e. The number of non-ortho nitro benzene ring substituents is 1. The molecule has 2 aromatic rings. The standard InChI is InChI=1S/C15H14N2O5S/c18-17(19)13-8-6-12(7-9-13)16(10-14-11-22-14)23(20,21)15-4-2-1-3-5-15/h1-9,14H,10-11H2/t14-/m1/s1. The SMILES string of the molecule is O=[N+]([O-])c1ccc(N(C[C@@H]2CO2)S(=O)(=O)c2ccccc2)cc1. The van der Waals surface area contributed by atoms with Gasteiger partial charge in [-0.05, 0) is 24.3 Å². The van der Waals surface area contributed by atoms with Gasteiger partial charge in [0.15, 0.2) is 0 Å². The fraction of sp³-hybridized carbons (Fsp3) is 0.200. The molecule has 0 bridgehead atoms. The zero-order valence-electron chi connectivity index (χ0n) is 12.0. The van der Waals surface area contributed by atoms with Crippen LogP contribution >= 0.6 is 0 Å². The number of nitro benzene ring substituents is 1. The summed E-state index contributed by atoms with van der Waals surface area (Å²) in [4.78, 5) is 10.4. The van der Waals surface area contributed by atoms with Gasteiger partial charge in [-0.3, -0.25) is 14.4 Å². The maximum atomic E-state index is 12.9. The fourth-order valence-corrected chi connectivity index (χ4v) is 3.68. The first kappa shape index (κ1) is 15.4. The Morgan fingerprint density at radius 2 is 1.74 bits per heavy atom. The molecule has 0 unspecified atom stereocenters. The molecule has 1 heterocycles. The third-order valence-electron chi connectivity index (χ3n) is 3.45. The van der Waals surface area contributed by atoms with Crippen molar-refractivity contribution in [1.29, 1.82) is 0 Å². The molecule has 2 aromatic carbocycles. The van der Waals surface area contributed by atoms with E-state index in [0.717, 1.165) is 0 Å². The second-order valence-corrected chi connectivity index (χ2v) is 6.94. The lowest BCUT2D eigenvalue weighted by Crippen LogP contribution is -2.34. The van der Waals surface area contributed by atoms with Crippen molar-refractivity contribution in [3.05, 3.63) is 64.7 Å². The maximum Gasteiger partial charge on any atom is 0.269 e. The number of rotatable bonds is 6. The lowest BCUT2D eigenvalue weighted by Gasteiger charge is -2.23. The molecule has 0 aliphatic carbocycles. The van der Waals surface area contributed by atoms with Crippen molar-refractivity contribution in [1.82, 2.24) is 0 Å². The number of ether oxygens (including phenoxy) is 1. The molecule has 1 aliphatic heterocycles. The molecule has 8 heteroatoms. The molecule has 1 aliphatic rings. The van der Waals surface area contributed by atoms with Crippen LogP contribution in [-0.2, 0) is 14.8 Å². The summed E-state index contributed by atoms with van der Waals surface area (Å²) in [6, 6.07) is 13.5. The largest absolute Gasteiger partial charge is 0.371 e. The molecule has 120 valence electrons. The molecule has 23 heavy (non-hydrogen) atoms. The van der Waals surface area contributed by atoms with Gasteiger partial charge in [0.05, 0.1) is 34.8 Å².